The van der Waals surface area contributed by atoms with E-state index in [0.29, 0.717) is 6.04 Å². The molecule has 0 spiro atoms. The van der Waals surface area contributed by atoms with Gasteiger partial charge in [-0.1, -0.05) is 34.1 Å². The predicted octanol–water partition coefficient (Wildman–Crippen LogP) is 3.85. The monoisotopic (exact) mass is 264 g/mol. The second-order valence-electron chi connectivity index (χ2n) is 4.87. The molecule has 108 valence electrons. The third kappa shape index (κ3) is 5.45. The third-order valence-electron chi connectivity index (χ3n) is 3.13. The second kappa shape index (κ2) is 8.73. The van der Waals surface area contributed by atoms with E-state index in [1.165, 1.54) is 12.8 Å². The zero-order valence-corrected chi connectivity index (χ0v) is 12.8. The molecule has 0 aliphatic carbocycles. The molecule has 4 nitrogen and oxygen atoms in total. The Bertz CT molecular complexity index is 365. The van der Waals surface area contributed by atoms with Crippen molar-refractivity contribution in [2.24, 2.45) is 0 Å². The lowest BCUT2D eigenvalue weighted by Gasteiger charge is -2.18. The molecule has 19 heavy (non-hydrogen) atoms. The Hall–Kier alpha value is -1.32. The van der Waals surface area contributed by atoms with Crippen LogP contribution in [0, 0.1) is 0 Å². The molecule has 1 atom stereocenters. The normalized spacial score (nSPS) is 12.2. The standard InChI is InChI=1S/C15H28N4/c1-5-9-12(7-3)17-15-11-14(16-10-6-2)18-13(8-4)19-15/h11-12H,5-10H2,1-4H3,(H2,16,17,18,19). The zero-order valence-electron chi connectivity index (χ0n) is 12.8. The van der Waals surface area contributed by atoms with Gasteiger partial charge in [0, 0.05) is 25.1 Å². The van der Waals surface area contributed by atoms with Crippen molar-refractivity contribution in [3.63, 3.8) is 0 Å². The summed E-state index contributed by atoms with van der Waals surface area (Å²) in [4.78, 5) is 9.07. The van der Waals surface area contributed by atoms with Gasteiger partial charge < -0.3 is 10.6 Å². The van der Waals surface area contributed by atoms with Crippen molar-refractivity contribution in [2.75, 3.05) is 17.2 Å². The molecule has 1 aromatic heterocycles. The van der Waals surface area contributed by atoms with E-state index < -0.39 is 0 Å². The van der Waals surface area contributed by atoms with E-state index in [4.69, 9.17) is 0 Å². The van der Waals surface area contributed by atoms with Crippen molar-refractivity contribution in [3.8, 4) is 0 Å². The Morgan fingerprint density at radius 2 is 1.79 bits per heavy atom. The predicted molar refractivity (Wildman–Crippen MR) is 82.8 cm³/mol. The largest absolute Gasteiger partial charge is 0.370 e. The fraction of sp³-hybridized carbons (Fsp3) is 0.733. The molecule has 0 bridgehead atoms. The molecule has 0 saturated heterocycles. The van der Waals surface area contributed by atoms with Crippen LogP contribution in [0.15, 0.2) is 6.07 Å². The SMILES string of the molecule is CCCNc1cc(NC(CC)CCC)nc(CC)n1. The van der Waals surface area contributed by atoms with Gasteiger partial charge in [-0.3, -0.25) is 0 Å². The summed E-state index contributed by atoms with van der Waals surface area (Å²) in [6, 6.07) is 2.52. The summed E-state index contributed by atoms with van der Waals surface area (Å²) in [7, 11) is 0. The van der Waals surface area contributed by atoms with Crippen LogP contribution in [0.3, 0.4) is 0 Å². The molecule has 0 amide bonds. The first-order chi connectivity index (χ1) is 9.23. The van der Waals surface area contributed by atoms with Gasteiger partial charge in [0.2, 0.25) is 0 Å². The topological polar surface area (TPSA) is 49.8 Å². The molecular formula is C15H28N4. The van der Waals surface area contributed by atoms with Crippen LogP contribution in [0.2, 0.25) is 0 Å². The Morgan fingerprint density at radius 1 is 1.05 bits per heavy atom. The van der Waals surface area contributed by atoms with Gasteiger partial charge in [-0.2, -0.15) is 0 Å². The van der Waals surface area contributed by atoms with E-state index in [1.807, 2.05) is 6.07 Å². The van der Waals surface area contributed by atoms with E-state index in [1.54, 1.807) is 0 Å². The van der Waals surface area contributed by atoms with Crippen molar-refractivity contribution in [2.45, 2.75) is 65.8 Å². The van der Waals surface area contributed by atoms with Gasteiger partial charge in [0.1, 0.15) is 17.5 Å². The number of anilines is 2. The van der Waals surface area contributed by atoms with Crippen molar-refractivity contribution in [1.29, 1.82) is 0 Å². The van der Waals surface area contributed by atoms with Crippen LogP contribution in [-0.4, -0.2) is 22.6 Å². The fourth-order valence-corrected chi connectivity index (χ4v) is 2.01. The first kappa shape index (κ1) is 15.7. The number of hydrogen-bond acceptors (Lipinski definition) is 4. The lowest BCUT2D eigenvalue weighted by molar-refractivity contribution is 0.619. The average Bonchev–Trinajstić information content (AvgIpc) is 2.44. The highest BCUT2D eigenvalue weighted by Gasteiger charge is 2.08. The van der Waals surface area contributed by atoms with Gasteiger partial charge in [0.05, 0.1) is 0 Å². The van der Waals surface area contributed by atoms with Crippen molar-refractivity contribution >= 4 is 11.6 Å². The highest BCUT2D eigenvalue weighted by Crippen LogP contribution is 2.15. The minimum Gasteiger partial charge on any atom is -0.370 e. The first-order valence-corrected chi connectivity index (χ1v) is 7.61. The van der Waals surface area contributed by atoms with Gasteiger partial charge in [0.15, 0.2) is 0 Å². The number of aromatic nitrogens is 2. The number of aryl methyl sites for hydroxylation is 1. The van der Waals surface area contributed by atoms with Crippen molar-refractivity contribution in [1.82, 2.24) is 9.97 Å². The molecular weight excluding hydrogens is 236 g/mol. The molecule has 1 heterocycles. The molecule has 0 aromatic carbocycles. The van der Waals surface area contributed by atoms with Gasteiger partial charge in [-0.25, -0.2) is 9.97 Å². The molecule has 0 aliphatic rings. The molecule has 1 aromatic rings. The molecule has 0 saturated carbocycles. The average molecular weight is 264 g/mol. The molecule has 1 unspecified atom stereocenters. The van der Waals surface area contributed by atoms with Crippen LogP contribution in [-0.2, 0) is 6.42 Å². The molecule has 0 aliphatic heterocycles. The second-order valence-corrected chi connectivity index (χ2v) is 4.87. The van der Waals surface area contributed by atoms with E-state index in [0.717, 1.165) is 43.3 Å². The van der Waals surface area contributed by atoms with Gasteiger partial charge in [-0.05, 0) is 19.3 Å². The quantitative estimate of drug-likeness (QED) is 0.711. The third-order valence-corrected chi connectivity index (χ3v) is 3.13. The summed E-state index contributed by atoms with van der Waals surface area (Å²) < 4.78 is 0. The van der Waals surface area contributed by atoms with Gasteiger partial charge in [-0.15, -0.1) is 0 Å². The minimum absolute atomic E-state index is 0.503. The van der Waals surface area contributed by atoms with E-state index in [-0.39, 0.29) is 0 Å². The smallest absolute Gasteiger partial charge is 0.132 e. The van der Waals surface area contributed by atoms with Gasteiger partial charge >= 0.3 is 0 Å². The van der Waals surface area contributed by atoms with Gasteiger partial charge in [0.25, 0.3) is 0 Å². The Balaban J connectivity index is 2.80. The van der Waals surface area contributed by atoms with Crippen LogP contribution in [0.5, 0.6) is 0 Å². The number of nitrogens with zero attached hydrogens (tertiary/aromatic N) is 2. The maximum absolute atomic E-state index is 4.57. The summed E-state index contributed by atoms with van der Waals surface area (Å²) in [5, 5.41) is 6.87. The highest BCUT2D eigenvalue weighted by molar-refractivity contribution is 5.48. The van der Waals surface area contributed by atoms with E-state index in [9.17, 15) is 0 Å². The van der Waals surface area contributed by atoms with Crippen molar-refractivity contribution < 1.29 is 0 Å². The summed E-state index contributed by atoms with van der Waals surface area (Å²) in [6.07, 6.45) is 5.46. The van der Waals surface area contributed by atoms with Crippen LogP contribution < -0.4 is 10.6 Å². The molecule has 0 radical (unpaired) electrons. The maximum atomic E-state index is 4.57. The molecule has 1 rings (SSSR count). The molecule has 0 fully saturated rings. The number of nitrogens with one attached hydrogen (secondary N) is 2. The highest BCUT2D eigenvalue weighted by atomic mass is 15.1. The van der Waals surface area contributed by atoms with Crippen LogP contribution in [0.1, 0.15) is 59.2 Å². The lowest BCUT2D eigenvalue weighted by atomic mass is 10.1. The van der Waals surface area contributed by atoms with Crippen molar-refractivity contribution in [3.05, 3.63) is 11.9 Å². The Kier molecular flexibility index (Phi) is 7.23. The lowest BCUT2D eigenvalue weighted by Crippen LogP contribution is -2.19. The Labute approximate surface area is 117 Å². The molecule has 2 N–H and O–H groups in total. The molecule has 4 heteroatoms. The fourth-order valence-electron chi connectivity index (χ4n) is 2.01. The van der Waals surface area contributed by atoms with Crippen LogP contribution in [0.4, 0.5) is 11.6 Å². The summed E-state index contributed by atoms with van der Waals surface area (Å²) in [5.41, 5.74) is 0. The summed E-state index contributed by atoms with van der Waals surface area (Å²) in [6.45, 7) is 9.63. The summed E-state index contributed by atoms with van der Waals surface area (Å²) in [5.74, 6) is 2.78. The van der Waals surface area contributed by atoms with Crippen LogP contribution in [0.25, 0.3) is 0 Å². The maximum Gasteiger partial charge on any atom is 0.132 e. The van der Waals surface area contributed by atoms with E-state index in [2.05, 4.69) is 48.3 Å². The van der Waals surface area contributed by atoms with E-state index >= 15 is 0 Å². The summed E-state index contributed by atoms with van der Waals surface area (Å²) >= 11 is 0. The number of hydrogen-bond donors (Lipinski definition) is 2. The van der Waals surface area contributed by atoms with Crippen LogP contribution >= 0.6 is 0 Å². The zero-order chi connectivity index (χ0) is 14.1. The minimum atomic E-state index is 0.503. The first-order valence-electron chi connectivity index (χ1n) is 7.61. The Morgan fingerprint density at radius 3 is 2.37 bits per heavy atom. The number of rotatable bonds is 9.